The Kier molecular flexibility index (Phi) is 26.2. The minimum Gasteiger partial charge on any atom is -0.272 e. The third-order valence-electron chi connectivity index (χ3n) is 5.70. The molecular weight excluding hydrogens is 429 g/mol. The summed E-state index contributed by atoms with van der Waals surface area (Å²) in [4.78, 5) is 0. The molecule has 0 N–H and O–H groups in total. The monoisotopic (exact) mass is 481 g/mol. The van der Waals surface area contributed by atoms with Gasteiger partial charge in [-0.1, -0.05) is 116 Å². The molecular formula is C28H52NPTi. The van der Waals surface area contributed by atoms with E-state index in [1.54, 1.807) is 6.08 Å². The first kappa shape index (κ1) is 33.1. The first-order valence-corrected chi connectivity index (χ1v) is 15.2. The average molecular weight is 482 g/mol. The summed E-state index contributed by atoms with van der Waals surface area (Å²) in [5.74, 6) is 0. The Morgan fingerprint density at radius 3 is 1.61 bits per heavy atom. The van der Waals surface area contributed by atoms with Crippen LogP contribution < -0.4 is 0 Å². The summed E-state index contributed by atoms with van der Waals surface area (Å²) in [5.41, 5.74) is 1.38. The summed E-state index contributed by atoms with van der Waals surface area (Å²) in [6.07, 6.45) is 34.4. The second kappa shape index (κ2) is 24.5. The topological polar surface area (TPSA) is 12.4 Å². The average Bonchev–Trinajstić information content (AvgIpc) is 3.26. The molecule has 0 atom stereocenters. The Bertz CT molecular complexity index is 507. The molecule has 0 saturated carbocycles. The fourth-order valence-electron chi connectivity index (χ4n) is 3.90. The zero-order valence-electron chi connectivity index (χ0n) is 21.4. The van der Waals surface area contributed by atoms with Gasteiger partial charge in [-0.25, -0.2) is 0 Å². The first-order chi connectivity index (χ1) is 14.7. The normalized spacial score (nSPS) is 12.8. The molecule has 1 nitrogen and oxygen atoms in total. The van der Waals surface area contributed by atoms with Crippen molar-refractivity contribution in [1.29, 1.82) is 0 Å². The van der Waals surface area contributed by atoms with Gasteiger partial charge in [0, 0.05) is 33.8 Å². The van der Waals surface area contributed by atoms with Crippen LogP contribution in [0.4, 0.5) is 0 Å². The minimum absolute atomic E-state index is 0. The van der Waals surface area contributed by atoms with E-state index in [0.717, 1.165) is 6.42 Å². The van der Waals surface area contributed by atoms with Gasteiger partial charge in [0.05, 0.1) is 0 Å². The van der Waals surface area contributed by atoms with Crippen LogP contribution in [-0.4, -0.2) is 18.5 Å². The van der Waals surface area contributed by atoms with E-state index in [-0.39, 0.29) is 21.7 Å². The number of unbranched alkanes of at least 4 members (excludes halogenated alkanes) is 9. The minimum atomic E-state index is -1.15. The van der Waals surface area contributed by atoms with E-state index in [1.807, 2.05) is 19.1 Å². The predicted molar refractivity (Wildman–Crippen MR) is 143 cm³/mol. The van der Waals surface area contributed by atoms with Gasteiger partial charge in [-0.2, -0.15) is 0 Å². The summed E-state index contributed by atoms with van der Waals surface area (Å²) in [6.45, 7) is 12.4. The summed E-state index contributed by atoms with van der Waals surface area (Å²) >= 11 is 0. The third-order valence-corrected chi connectivity index (χ3v) is 9.83. The summed E-state index contributed by atoms with van der Waals surface area (Å²) in [7, 11) is -1.15. The molecule has 0 saturated heterocycles. The second-order valence-corrected chi connectivity index (χ2v) is 12.3. The molecule has 0 unspecified atom stereocenters. The van der Waals surface area contributed by atoms with E-state index < -0.39 is 7.05 Å². The van der Waals surface area contributed by atoms with E-state index in [9.17, 15) is 0 Å². The first-order valence-electron chi connectivity index (χ1n) is 12.9. The third kappa shape index (κ3) is 19.1. The van der Waals surface area contributed by atoms with Crippen LogP contribution in [0.15, 0.2) is 53.5 Å². The molecule has 0 fully saturated rings. The molecule has 0 aromatic heterocycles. The maximum Gasteiger partial charge on any atom is 0.0425 e. The molecule has 0 aromatic carbocycles. The van der Waals surface area contributed by atoms with E-state index in [2.05, 4.69) is 45.6 Å². The van der Waals surface area contributed by atoms with E-state index in [1.165, 1.54) is 101 Å². The molecule has 0 aromatic rings. The Morgan fingerprint density at radius 1 is 0.839 bits per heavy atom. The van der Waals surface area contributed by atoms with Crippen molar-refractivity contribution in [3.8, 4) is 0 Å². The number of nitrogens with zero attached hydrogens (tertiary/aromatic N) is 1. The fourth-order valence-corrected chi connectivity index (χ4v) is 8.00. The van der Waals surface area contributed by atoms with Gasteiger partial charge in [0.1, 0.15) is 0 Å². The molecule has 178 valence electrons. The zero-order chi connectivity index (χ0) is 22.3. The Labute approximate surface area is 211 Å². The van der Waals surface area contributed by atoms with Crippen LogP contribution in [0.25, 0.3) is 0 Å². The predicted octanol–water partition coefficient (Wildman–Crippen LogP) is 10.5. The molecule has 0 spiro atoms. The van der Waals surface area contributed by atoms with Crippen molar-refractivity contribution in [1.82, 2.24) is 0 Å². The van der Waals surface area contributed by atoms with Crippen LogP contribution in [0, 0.1) is 0 Å². The van der Waals surface area contributed by atoms with Gasteiger partial charge in [-0.3, -0.25) is 4.74 Å². The molecule has 1 rings (SSSR count). The van der Waals surface area contributed by atoms with E-state index in [4.69, 9.17) is 4.74 Å². The number of rotatable bonds is 17. The Morgan fingerprint density at radius 2 is 1.32 bits per heavy atom. The van der Waals surface area contributed by atoms with Crippen LogP contribution >= 0.6 is 7.05 Å². The van der Waals surface area contributed by atoms with Gasteiger partial charge < -0.3 is 0 Å². The molecule has 0 bridgehead atoms. The molecule has 1 aliphatic carbocycles. The van der Waals surface area contributed by atoms with Crippen molar-refractivity contribution < 1.29 is 21.7 Å². The number of hydrogen-bond acceptors (Lipinski definition) is 1. The zero-order valence-corrected chi connectivity index (χ0v) is 23.8. The van der Waals surface area contributed by atoms with Gasteiger partial charge in [0.2, 0.25) is 0 Å². The van der Waals surface area contributed by atoms with Gasteiger partial charge in [0.15, 0.2) is 0 Å². The maximum atomic E-state index is 5.51. The van der Waals surface area contributed by atoms with Gasteiger partial charge >= 0.3 is 0 Å². The largest absolute Gasteiger partial charge is 0.272 e. The molecule has 0 heterocycles. The molecule has 3 heteroatoms. The van der Waals surface area contributed by atoms with Gasteiger partial charge in [-0.05, 0) is 57.8 Å². The van der Waals surface area contributed by atoms with Crippen molar-refractivity contribution in [2.24, 2.45) is 4.74 Å². The maximum absolute atomic E-state index is 5.51. The van der Waals surface area contributed by atoms with Crippen LogP contribution in [-0.2, 0) is 21.7 Å². The molecule has 0 radical (unpaired) electrons. The summed E-state index contributed by atoms with van der Waals surface area (Å²) in [6, 6.07) is 0. The van der Waals surface area contributed by atoms with Crippen molar-refractivity contribution >= 4 is 7.05 Å². The van der Waals surface area contributed by atoms with Crippen LogP contribution in [0.5, 0.6) is 0 Å². The fraction of sp³-hybridized carbons (Fsp3) is 0.714. The van der Waals surface area contributed by atoms with Crippen molar-refractivity contribution in [3.05, 3.63) is 48.7 Å². The quantitative estimate of drug-likeness (QED) is 0.0848. The van der Waals surface area contributed by atoms with E-state index >= 15 is 0 Å². The van der Waals surface area contributed by atoms with Crippen molar-refractivity contribution in [3.63, 3.8) is 0 Å². The molecule has 31 heavy (non-hydrogen) atoms. The number of allylic oxidation sites excluding steroid dienone is 6. The van der Waals surface area contributed by atoms with E-state index in [0.29, 0.717) is 0 Å². The summed E-state index contributed by atoms with van der Waals surface area (Å²) in [5, 5.41) is 0. The Balaban J connectivity index is 0. The number of hydrogen-bond donors (Lipinski definition) is 0. The second-order valence-electron chi connectivity index (χ2n) is 8.60. The van der Waals surface area contributed by atoms with Crippen molar-refractivity contribution in [2.75, 3.05) is 18.5 Å². The Hall–Kier alpha value is -0.0957. The summed E-state index contributed by atoms with van der Waals surface area (Å²) < 4.78 is 5.51. The molecule has 0 aliphatic heterocycles. The SMILES string of the molecule is C=CC=CC.CCCCCCP(CCCCCC)(CCCCCC)=NC1=CC=CC1.[Ti]. The standard InChI is InChI=1S/C23H44NP.C5H8.Ti/c1-4-7-10-15-20-25(21-16-11-8-5-2,22-17-12-9-6-3)24-23-18-13-14-19-23;1-3-5-4-2;/h13-14,18H,4-12,15-17,19-22H2,1-3H3;3-5H,1H2,2H3;. The molecule has 1 aliphatic rings. The van der Waals surface area contributed by atoms with Crippen LogP contribution in [0.2, 0.25) is 0 Å². The van der Waals surface area contributed by atoms with Crippen LogP contribution in [0.3, 0.4) is 0 Å². The van der Waals surface area contributed by atoms with Gasteiger partial charge in [0.25, 0.3) is 0 Å². The van der Waals surface area contributed by atoms with Crippen molar-refractivity contribution in [2.45, 2.75) is 111 Å². The van der Waals surface area contributed by atoms with Gasteiger partial charge in [-0.15, -0.1) is 0 Å². The smallest absolute Gasteiger partial charge is 0.0425 e. The molecule has 0 amide bonds. The van der Waals surface area contributed by atoms with Crippen LogP contribution in [0.1, 0.15) is 111 Å².